The van der Waals surface area contributed by atoms with Crippen molar-refractivity contribution in [1.82, 2.24) is 9.88 Å². The molecular weight excluding hydrogens is 380 g/mol. The number of likely N-dealkylation sites (tertiary alicyclic amines) is 1. The van der Waals surface area contributed by atoms with Crippen LogP contribution in [-0.2, 0) is 9.53 Å². The highest BCUT2D eigenvalue weighted by Gasteiger charge is 2.44. The average molecular weight is 408 g/mol. The standard InChI is InChI=1S/C24H28N2O4/c1-3-30-23(28)24(14-7-12-19-10-5-4-6-11-19)15-9-17-26(18-24)22(27)20-13-8-16-25-21(20)29-2/h4-8,10-13,16H,3,9,14-15,17-18H2,1-2H3/b12-7+/t24-/m1/s1. The van der Waals surface area contributed by atoms with Crippen LogP contribution in [0, 0.1) is 5.41 Å². The zero-order chi connectivity index (χ0) is 21.4. The number of pyridine rings is 1. The van der Waals surface area contributed by atoms with Gasteiger partial charge < -0.3 is 14.4 Å². The van der Waals surface area contributed by atoms with E-state index in [2.05, 4.69) is 4.98 Å². The highest BCUT2D eigenvalue weighted by Crippen LogP contribution is 2.36. The van der Waals surface area contributed by atoms with Gasteiger partial charge in [0.2, 0.25) is 5.88 Å². The molecule has 6 nitrogen and oxygen atoms in total. The number of methoxy groups -OCH3 is 1. The zero-order valence-corrected chi connectivity index (χ0v) is 17.5. The second-order valence-corrected chi connectivity index (χ2v) is 7.41. The molecule has 158 valence electrons. The smallest absolute Gasteiger partial charge is 0.314 e. The Labute approximate surface area is 177 Å². The van der Waals surface area contributed by atoms with Crippen molar-refractivity contribution in [3.8, 4) is 5.88 Å². The molecule has 1 aromatic carbocycles. The van der Waals surface area contributed by atoms with Gasteiger partial charge in [-0.15, -0.1) is 0 Å². The third-order valence-corrected chi connectivity index (χ3v) is 5.39. The highest BCUT2D eigenvalue weighted by molar-refractivity contribution is 5.96. The van der Waals surface area contributed by atoms with Crippen LogP contribution in [0.15, 0.2) is 54.7 Å². The molecular formula is C24H28N2O4. The molecule has 0 radical (unpaired) electrons. The Hall–Kier alpha value is -3.15. The Bertz CT molecular complexity index is 897. The molecule has 1 fully saturated rings. The highest BCUT2D eigenvalue weighted by atomic mass is 16.5. The SMILES string of the molecule is CCOC(=O)[C@]1(C/C=C/c2ccccc2)CCCN(C(=O)c2cccnc2OC)C1. The van der Waals surface area contributed by atoms with E-state index in [0.29, 0.717) is 44.0 Å². The number of amides is 1. The van der Waals surface area contributed by atoms with Crippen LogP contribution in [0.1, 0.15) is 42.1 Å². The third kappa shape index (κ3) is 4.87. The van der Waals surface area contributed by atoms with Gasteiger partial charge in [-0.05, 0) is 43.9 Å². The van der Waals surface area contributed by atoms with E-state index in [1.54, 1.807) is 30.2 Å². The molecule has 1 saturated heterocycles. The van der Waals surface area contributed by atoms with Crippen molar-refractivity contribution in [2.75, 3.05) is 26.8 Å². The molecule has 1 amide bonds. The predicted octanol–water partition coefficient (Wildman–Crippen LogP) is 3.98. The van der Waals surface area contributed by atoms with Crippen molar-refractivity contribution in [2.24, 2.45) is 5.41 Å². The quantitative estimate of drug-likeness (QED) is 0.648. The summed E-state index contributed by atoms with van der Waals surface area (Å²) in [6.45, 7) is 3.01. The Morgan fingerprint density at radius 2 is 2.00 bits per heavy atom. The topological polar surface area (TPSA) is 68.7 Å². The molecule has 1 aromatic heterocycles. The van der Waals surface area contributed by atoms with E-state index in [1.165, 1.54) is 7.11 Å². The molecule has 6 heteroatoms. The van der Waals surface area contributed by atoms with Gasteiger partial charge in [-0.1, -0.05) is 42.5 Å². The Morgan fingerprint density at radius 3 is 2.73 bits per heavy atom. The van der Waals surface area contributed by atoms with Gasteiger partial charge in [0, 0.05) is 19.3 Å². The van der Waals surface area contributed by atoms with E-state index in [-0.39, 0.29) is 11.9 Å². The van der Waals surface area contributed by atoms with Crippen LogP contribution >= 0.6 is 0 Å². The third-order valence-electron chi connectivity index (χ3n) is 5.39. The first-order chi connectivity index (χ1) is 14.6. The summed E-state index contributed by atoms with van der Waals surface area (Å²) in [6, 6.07) is 13.4. The van der Waals surface area contributed by atoms with Gasteiger partial charge in [-0.3, -0.25) is 9.59 Å². The van der Waals surface area contributed by atoms with E-state index < -0.39 is 5.41 Å². The van der Waals surface area contributed by atoms with Crippen LogP contribution in [0.4, 0.5) is 0 Å². The number of allylic oxidation sites excluding steroid dienone is 1. The van der Waals surface area contributed by atoms with Crippen molar-refractivity contribution in [3.05, 3.63) is 65.9 Å². The van der Waals surface area contributed by atoms with E-state index in [1.807, 2.05) is 42.5 Å². The summed E-state index contributed by atoms with van der Waals surface area (Å²) in [5, 5.41) is 0. The number of hydrogen-bond donors (Lipinski definition) is 0. The molecule has 0 aliphatic carbocycles. The van der Waals surface area contributed by atoms with Crippen LogP contribution in [0.5, 0.6) is 5.88 Å². The molecule has 30 heavy (non-hydrogen) atoms. The predicted molar refractivity (Wildman–Crippen MR) is 115 cm³/mol. The fourth-order valence-electron chi connectivity index (χ4n) is 3.88. The van der Waals surface area contributed by atoms with Gasteiger partial charge in [0.15, 0.2) is 0 Å². The summed E-state index contributed by atoms with van der Waals surface area (Å²) >= 11 is 0. The van der Waals surface area contributed by atoms with Gasteiger partial charge in [0.1, 0.15) is 5.56 Å². The van der Waals surface area contributed by atoms with Crippen LogP contribution in [0.25, 0.3) is 6.08 Å². The molecule has 2 aromatic rings. The van der Waals surface area contributed by atoms with Gasteiger partial charge in [0.25, 0.3) is 5.91 Å². The van der Waals surface area contributed by atoms with Gasteiger partial charge >= 0.3 is 5.97 Å². The van der Waals surface area contributed by atoms with E-state index in [0.717, 1.165) is 12.0 Å². The Kier molecular flexibility index (Phi) is 7.22. The minimum Gasteiger partial charge on any atom is -0.480 e. The summed E-state index contributed by atoms with van der Waals surface area (Å²) in [5.41, 5.74) is 0.713. The Morgan fingerprint density at radius 1 is 1.20 bits per heavy atom. The lowest BCUT2D eigenvalue weighted by molar-refractivity contribution is -0.158. The molecule has 1 aliphatic rings. The Balaban J connectivity index is 1.83. The number of rotatable bonds is 7. The maximum Gasteiger partial charge on any atom is 0.314 e. The molecule has 3 rings (SSSR count). The number of hydrogen-bond acceptors (Lipinski definition) is 5. The van der Waals surface area contributed by atoms with Crippen molar-refractivity contribution >= 4 is 18.0 Å². The van der Waals surface area contributed by atoms with Gasteiger partial charge in [0.05, 0.1) is 19.1 Å². The van der Waals surface area contributed by atoms with Gasteiger partial charge in [-0.2, -0.15) is 0 Å². The molecule has 0 saturated carbocycles. The summed E-state index contributed by atoms with van der Waals surface area (Å²) < 4.78 is 10.7. The first-order valence-electron chi connectivity index (χ1n) is 10.3. The maximum absolute atomic E-state index is 13.2. The largest absolute Gasteiger partial charge is 0.480 e. The van der Waals surface area contributed by atoms with Crippen molar-refractivity contribution in [2.45, 2.75) is 26.2 Å². The molecule has 0 spiro atoms. The number of carbonyl (C=O) groups is 2. The lowest BCUT2D eigenvalue weighted by Gasteiger charge is -2.40. The number of carbonyl (C=O) groups excluding carboxylic acids is 2. The van der Waals surface area contributed by atoms with Crippen molar-refractivity contribution in [3.63, 3.8) is 0 Å². The molecule has 0 N–H and O–H groups in total. The molecule has 1 atom stereocenters. The van der Waals surface area contributed by atoms with Crippen LogP contribution in [0.3, 0.4) is 0 Å². The number of nitrogens with zero attached hydrogens (tertiary/aromatic N) is 2. The zero-order valence-electron chi connectivity index (χ0n) is 17.5. The van der Waals surface area contributed by atoms with E-state index in [4.69, 9.17) is 9.47 Å². The molecule has 0 bridgehead atoms. The second-order valence-electron chi connectivity index (χ2n) is 7.41. The van der Waals surface area contributed by atoms with E-state index >= 15 is 0 Å². The summed E-state index contributed by atoms with van der Waals surface area (Å²) in [7, 11) is 1.49. The lowest BCUT2D eigenvalue weighted by atomic mass is 9.76. The number of esters is 1. The average Bonchev–Trinajstić information content (AvgIpc) is 2.79. The van der Waals surface area contributed by atoms with E-state index in [9.17, 15) is 9.59 Å². The maximum atomic E-state index is 13.2. The number of aromatic nitrogens is 1. The summed E-state index contributed by atoms with van der Waals surface area (Å²) in [6.07, 6.45) is 7.51. The number of ether oxygens (including phenoxy) is 2. The molecule has 2 heterocycles. The normalized spacial score (nSPS) is 18.9. The molecule has 1 aliphatic heterocycles. The minimum absolute atomic E-state index is 0.180. The summed E-state index contributed by atoms with van der Waals surface area (Å²) in [4.78, 5) is 32.0. The first-order valence-corrected chi connectivity index (χ1v) is 10.3. The number of piperidine rings is 1. The van der Waals surface area contributed by atoms with Crippen molar-refractivity contribution in [1.29, 1.82) is 0 Å². The second kappa shape index (κ2) is 10.1. The first kappa shape index (κ1) is 21.6. The van der Waals surface area contributed by atoms with Gasteiger partial charge in [-0.25, -0.2) is 4.98 Å². The van der Waals surface area contributed by atoms with Crippen LogP contribution in [-0.4, -0.2) is 48.6 Å². The molecule has 0 unspecified atom stereocenters. The number of benzene rings is 1. The lowest BCUT2D eigenvalue weighted by Crippen LogP contribution is -2.50. The fraction of sp³-hybridized carbons (Fsp3) is 0.375. The van der Waals surface area contributed by atoms with Crippen LogP contribution in [0.2, 0.25) is 0 Å². The minimum atomic E-state index is -0.759. The monoisotopic (exact) mass is 408 g/mol. The van der Waals surface area contributed by atoms with Crippen LogP contribution < -0.4 is 4.74 Å². The van der Waals surface area contributed by atoms with Crippen molar-refractivity contribution < 1.29 is 19.1 Å². The fourth-order valence-corrected chi connectivity index (χ4v) is 3.88. The summed E-state index contributed by atoms with van der Waals surface area (Å²) in [5.74, 6) is -0.141.